The van der Waals surface area contributed by atoms with Gasteiger partial charge in [0.2, 0.25) is 0 Å². The molecule has 3 fully saturated rings. The third-order valence-corrected chi connectivity index (χ3v) is 9.39. The molecule has 4 unspecified atom stereocenters. The summed E-state index contributed by atoms with van der Waals surface area (Å²) in [7, 11) is 1.63. The lowest BCUT2D eigenvalue weighted by Gasteiger charge is -2.49. The van der Waals surface area contributed by atoms with Crippen LogP contribution in [0.1, 0.15) is 35.6 Å². The molecule has 0 amide bonds. The van der Waals surface area contributed by atoms with Gasteiger partial charge < -0.3 is 42.6 Å². The van der Waals surface area contributed by atoms with Crippen molar-refractivity contribution >= 4 is 0 Å². The number of hydrogen-bond acceptors (Lipinski definition) is 9. The number of methoxy groups -OCH3 is 1. The van der Waals surface area contributed by atoms with Crippen molar-refractivity contribution in [3.8, 4) is 0 Å². The number of hydrogen-bond donors (Lipinski definition) is 0. The Morgan fingerprint density at radius 2 is 1.10 bits per heavy atom. The number of rotatable bonds is 14. The number of ether oxygens (including phenoxy) is 9. The molecule has 0 aromatic heterocycles. The Balaban J connectivity index is 1.24. The molecular weight excluding hydrogens is 636 g/mol. The van der Waals surface area contributed by atoms with Gasteiger partial charge in [-0.15, -0.1) is 0 Å². The number of benzene rings is 4. The summed E-state index contributed by atoms with van der Waals surface area (Å²) in [5.74, 6) is -1.64. The molecule has 4 aromatic carbocycles. The molecule has 0 radical (unpaired) electrons. The first-order valence-corrected chi connectivity index (χ1v) is 17.4. The van der Waals surface area contributed by atoms with Crippen LogP contribution in [0.4, 0.5) is 0 Å². The second-order valence-electron chi connectivity index (χ2n) is 13.0. The topological polar surface area (TPSA) is 83.1 Å². The largest absolute Gasteiger partial charge is 0.374 e. The minimum atomic E-state index is -1.64. The summed E-state index contributed by atoms with van der Waals surface area (Å²) < 4.78 is 59.2. The summed E-state index contributed by atoms with van der Waals surface area (Å²) >= 11 is 0. The molecule has 0 aliphatic carbocycles. The Morgan fingerprint density at radius 1 is 0.600 bits per heavy atom. The van der Waals surface area contributed by atoms with Crippen LogP contribution in [-0.2, 0) is 69.1 Å². The van der Waals surface area contributed by atoms with Crippen LogP contribution in [0.2, 0.25) is 0 Å². The Kier molecular flexibility index (Phi) is 11.7. The molecule has 4 aromatic rings. The zero-order valence-electron chi connectivity index (χ0n) is 28.6. The van der Waals surface area contributed by atoms with Gasteiger partial charge in [0.15, 0.2) is 12.4 Å². The summed E-state index contributed by atoms with van der Waals surface area (Å²) in [6, 6.07) is 40.2. The van der Waals surface area contributed by atoms with E-state index in [2.05, 4.69) is 0 Å². The van der Waals surface area contributed by atoms with Gasteiger partial charge in [0.05, 0.1) is 45.2 Å². The lowest BCUT2D eigenvalue weighted by Crippen LogP contribution is -2.68. The van der Waals surface area contributed by atoms with Crippen LogP contribution in [0.3, 0.4) is 0 Å². The van der Waals surface area contributed by atoms with Gasteiger partial charge in [0, 0.05) is 13.5 Å². The normalized spacial score (nSPS) is 30.7. The highest BCUT2D eigenvalue weighted by Crippen LogP contribution is 2.47. The van der Waals surface area contributed by atoms with Gasteiger partial charge in [0.1, 0.15) is 24.4 Å². The molecule has 264 valence electrons. The first kappa shape index (κ1) is 34.9. The SMILES string of the molecule is CO[C@@H]1C[C@H]2O[C@]3(OC(COCc4ccccc4)[C@@H](OCc4ccccc4)C(OCc4ccccc4)C3OCc3ccccc3)O[C@@H]2C(C)O1. The highest BCUT2D eigenvalue weighted by molar-refractivity contribution is 5.17. The fourth-order valence-corrected chi connectivity index (χ4v) is 6.86. The second-order valence-corrected chi connectivity index (χ2v) is 13.0. The first-order valence-electron chi connectivity index (χ1n) is 17.4. The summed E-state index contributed by atoms with van der Waals surface area (Å²) in [4.78, 5) is 0. The van der Waals surface area contributed by atoms with Crippen LogP contribution in [0, 0.1) is 0 Å². The zero-order chi connectivity index (χ0) is 34.2. The fraction of sp³-hybridized carbons (Fsp3) is 0.415. The average Bonchev–Trinajstić information content (AvgIpc) is 3.53. The standard InChI is InChI=1S/C41H46O9/c1-29-37-34(23-36(42-2)47-29)48-41(50-37)40(46-27-33-21-13-6-14-22-33)39(45-26-32-19-11-5-12-20-32)38(44-25-31-17-9-4-10-18-31)35(49-41)28-43-24-30-15-7-3-8-16-30/h3-22,29,34-40H,23-28H2,1-2H3/t29?,34-,35?,36+,37-,38-,39?,40?,41-/m1/s1. The fourth-order valence-electron chi connectivity index (χ4n) is 6.86. The molecule has 7 rings (SSSR count). The molecule has 9 heteroatoms. The van der Waals surface area contributed by atoms with E-state index in [9.17, 15) is 0 Å². The molecule has 3 heterocycles. The summed E-state index contributed by atoms with van der Waals surface area (Å²) in [6.45, 7) is 3.48. The summed E-state index contributed by atoms with van der Waals surface area (Å²) in [5, 5.41) is 0. The molecule has 0 N–H and O–H groups in total. The van der Waals surface area contributed by atoms with Gasteiger partial charge in [-0.1, -0.05) is 121 Å². The molecule has 3 aliphatic heterocycles. The van der Waals surface area contributed by atoms with E-state index in [0.717, 1.165) is 22.3 Å². The maximum atomic E-state index is 6.97. The minimum absolute atomic E-state index is 0.196. The van der Waals surface area contributed by atoms with Crippen LogP contribution < -0.4 is 0 Å². The maximum absolute atomic E-state index is 6.97. The quantitative estimate of drug-likeness (QED) is 0.147. The molecule has 1 spiro atoms. The van der Waals surface area contributed by atoms with Crippen LogP contribution in [0.5, 0.6) is 0 Å². The highest BCUT2D eigenvalue weighted by Gasteiger charge is 2.66. The highest BCUT2D eigenvalue weighted by atomic mass is 16.9. The van der Waals surface area contributed by atoms with E-state index in [1.807, 2.05) is 128 Å². The molecular formula is C41H46O9. The van der Waals surface area contributed by atoms with E-state index in [1.54, 1.807) is 7.11 Å². The molecule has 0 bridgehead atoms. The maximum Gasteiger partial charge on any atom is 0.314 e. The van der Waals surface area contributed by atoms with Crippen LogP contribution in [0.15, 0.2) is 121 Å². The van der Waals surface area contributed by atoms with E-state index < -0.39 is 42.8 Å². The van der Waals surface area contributed by atoms with E-state index in [4.69, 9.17) is 42.6 Å². The van der Waals surface area contributed by atoms with Crippen molar-refractivity contribution in [2.45, 2.75) is 94.8 Å². The van der Waals surface area contributed by atoms with Crippen molar-refractivity contribution in [2.75, 3.05) is 13.7 Å². The van der Waals surface area contributed by atoms with Crippen LogP contribution in [-0.4, -0.2) is 68.7 Å². The predicted molar refractivity (Wildman–Crippen MR) is 184 cm³/mol. The van der Waals surface area contributed by atoms with E-state index in [0.29, 0.717) is 26.2 Å². The molecule has 9 atom stereocenters. The predicted octanol–water partition coefficient (Wildman–Crippen LogP) is 6.58. The van der Waals surface area contributed by atoms with E-state index in [1.165, 1.54) is 0 Å². The van der Waals surface area contributed by atoms with E-state index in [-0.39, 0.29) is 25.4 Å². The summed E-state index contributed by atoms with van der Waals surface area (Å²) in [5.41, 5.74) is 4.08. The number of fused-ring (bicyclic) bond motifs is 1. The van der Waals surface area contributed by atoms with Crippen molar-refractivity contribution < 1.29 is 42.6 Å². The Morgan fingerprint density at radius 3 is 1.64 bits per heavy atom. The van der Waals surface area contributed by atoms with Gasteiger partial charge in [-0.05, 0) is 29.2 Å². The monoisotopic (exact) mass is 682 g/mol. The van der Waals surface area contributed by atoms with Crippen molar-refractivity contribution in [2.24, 2.45) is 0 Å². The third-order valence-electron chi connectivity index (χ3n) is 9.39. The van der Waals surface area contributed by atoms with Gasteiger partial charge in [-0.25, -0.2) is 0 Å². The van der Waals surface area contributed by atoms with Crippen LogP contribution in [0.25, 0.3) is 0 Å². The van der Waals surface area contributed by atoms with Gasteiger partial charge in [-0.2, -0.15) is 0 Å². The Bertz CT molecular complexity index is 1580. The lowest BCUT2D eigenvalue weighted by molar-refractivity contribution is -0.448. The molecule has 0 saturated carbocycles. The van der Waals surface area contributed by atoms with Crippen molar-refractivity contribution in [3.05, 3.63) is 144 Å². The van der Waals surface area contributed by atoms with Crippen LogP contribution >= 0.6 is 0 Å². The Hall–Kier alpha value is -3.48. The third kappa shape index (κ3) is 8.35. The molecule has 50 heavy (non-hydrogen) atoms. The second kappa shape index (κ2) is 16.7. The van der Waals surface area contributed by atoms with E-state index >= 15 is 0 Å². The van der Waals surface area contributed by atoms with Crippen molar-refractivity contribution in [3.63, 3.8) is 0 Å². The average molecular weight is 683 g/mol. The lowest BCUT2D eigenvalue weighted by atomic mass is 9.96. The van der Waals surface area contributed by atoms with Crippen molar-refractivity contribution in [1.29, 1.82) is 0 Å². The first-order chi connectivity index (χ1) is 24.6. The molecule has 9 nitrogen and oxygen atoms in total. The van der Waals surface area contributed by atoms with Gasteiger partial charge >= 0.3 is 5.97 Å². The molecule has 3 aliphatic rings. The smallest absolute Gasteiger partial charge is 0.314 e. The van der Waals surface area contributed by atoms with Crippen molar-refractivity contribution in [1.82, 2.24) is 0 Å². The Labute approximate surface area is 294 Å². The van der Waals surface area contributed by atoms with Gasteiger partial charge in [0.25, 0.3) is 0 Å². The minimum Gasteiger partial charge on any atom is -0.374 e. The zero-order valence-corrected chi connectivity index (χ0v) is 28.6. The summed E-state index contributed by atoms with van der Waals surface area (Å²) in [6.07, 6.45) is -3.87. The van der Waals surface area contributed by atoms with Gasteiger partial charge in [-0.3, -0.25) is 0 Å². The molecule has 3 saturated heterocycles.